The summed E-state index contributed by atoms with van der Waals surface area (Å²) in [6, 6.07) is 2.87. The van der Waals surface area contributed by atoms with Gasteiger partial charge in [0.25, 0.3) is 0 Å². The fourth-order valence-electron chi connectivity index (χ4n) is 1.55. The molecule has 5 heteroatoms. The quantitative estimate of drug-likeness (QED) is 0.856. The highest BCUT2D eigenvalue weighted by molar-refractivity contribution is 5.75. The van der Waals surface area contributed by atoms with E-state index >= 15 is 0 Å². The van der Waals surface area contributed by atoms with Gasteiger partial charge in [0, 0.05) is 17.7 Å². The van der Waals surface area contributed by atoms with Crippen molar-refractivity contribution in [1.82, 2.24) is 5.32 Å². The Morgan fingerprint density at radius 1 is 1.42 bits per heavy atom. The average Bonchev–Trinajstić information content (AvgIpc) is 2.28. The van der Waals surface area contributed by atoms with Crippen molar-refractivity contribution < 1.29 is 18.7 Å². The van der Waals surface area contributed by atoms with E-state index in [1.807, 2.05) is 0 Å². The van der Waals surface area contributed by atoms with Crippen LogP contribution in [-0.4, -0.2) is 18.0 Å². The molecule has 4 nitrogen and oxygen atoms in total. The summed E-state index contributed by atoms with van der Waals surface area (Å²) in [5.74, 6) is -0.429. The van der Waals surface area contributed by atoms with Crippen LogP contribution in [0.4, 0.5) is 9.18 Å². The number of carbonyl (C=O) groups is 2. The number of hydrogen-bond donors (Lipinski definition) is 1. The summed E-state index contributed by atoms with van der Waals surface area (Å²) in [5, 5.41) is 2.46. The molecule has 0 aliphatic carbocycles. The highest BCUT2D eigenvalue weighted by atomic mass is 19.1. The van der Waals surface area contributed by atoms with Crippen LogP contribution in [0.2, 0.25) is 0 Å². The first-order valence-corrected chi connectivity index (χ1v) is 5.94. The zero-order valence-corrected chi connectivity index (χ0v) is 11.5. The van der Waals surface area contributed by atoms with Crippen LogP contribution in [0.15, 0.2) is 12.1 Å². The molecule has 0 aliphatic rings. The maximum atomic E-state index is 13.8. The van der Waals surface area contributed by atoms with Crippen molar-refractivity contribution in [3.63, 3.8) is 0 Å². The smallest absolute Gasteiger partial charge is 0.407 e. The molecule has 104 valence electrons. The maximum Gasteiger partial charge on any atom is 0.407 e. The molecule has 0 saturated heterocycles. The molecule has 1 N–H and O–H groups in total. The second-order valence-corrected chi connectivity index (χ2v) is 5.28. The lowest BCUT2D eigenvalue weighted by molar-refractivity contribution is 0.0523. The Hall–Kier alpha value is -1.91. The molecule has 0 saturated carbocycles. The van der Waals surface area contributed by atoms with Gasteiger partial charge >= 0.3 is 6.09 Å². The highest BCUT2D eigenvalue weighted by Gasteiger charge is 2.16. The van der Waals surface area contributed by atoms with Gasteiger partial charge in [-0.25, -0.2) is 9.18 Å². The summed E-state index contributed by atoms with van der Waals surface area (Å²) in [6.45, 7) is 6.77. The number of hydrogen-bond acceptors (Lipinski definition) is 3. The summed E-state index contributed by atoms with van der Waals surface area (Å²) < 4.78 is 18.8. The van der Waals surface area contributed by atoms with Gasteiger partial charge in [-0.15, -0.1) is 0 Å². The third-order valence-corrected chi connectivity index (χ3v) is 2.31. The number of benzene rings is 1. The first-order valence-electron chi connectivity index (χ1n) is 5.94. The third-order valence-electron chi connectivity index (χ3n) is 2.31. The topological polar surface area (TPSA) is 55.4 Å². The summed E-state index contributed by atoms with van der Waals surface area (Å²) in [7, 11) is 0. The molecule has 0 unspecified atom stereocenters. The Bertz CT molecular complexity index is 492. The van der Waals surface area contributed by atoms with Crippen LogP contribution in [0.25, 0.3) is 0 Å². The van der Waals surface area contributed by atoms with Crippen molar-refractivity contribution in [3.8, 4) is 0 Å². The number of nitrogens with one attached hydrogen (secondary N) is 1. The van der Waals surface area contributed by atoms with E-state index in [0.29, 0.717) is 17.4 Å². The minimum absolute atomic E-state index is 0.0245. The molecule has 0 radical (unpaired) electrons. The van der Waals surface area contributed by atoms with E-state index in [-0.39, 0.29) is 12.1 Å². The van der Waals surface area contributed by atoms with E-state index in [0.717, 1.165) is 0 Å². The lowest BCUT2D eigenvalue weighted by Gasteiger charge is -2.19. The van der Waals surface area contributed by atoms with Crippen molar-refractivity contribution in [2.75, 3.05) is 0 Å². The number of halogens is 1. The Labute approximate surface area is 112 Å². The number of rotatable bonds is 3. The second kappa shape index (κ2) is 5.82. The summed E-state index contributed by atoms with van der Waals surface area (Å²) >= 11 is 0. The predicted octanol–water partition coefficient (Wildman–Crippen LogP) is 2.97. The van der Waals surface area contributed by atoms with E-state index in [2.05, 4.69) is 5.32 Å². The standard InChI is InChI=1S/C14H18FNO3/c1-9-5-10(8-17)6-11(12(9)15)7-16-13(18)19-14(2,3)4/h5-6,8H,7H2,1-4H3,(H,16,18). The number of aldehydes is 1. The summed E-state index contributed by atoms with van der Waals surface area (Å²) in [5.41, 5.74) is 0.391. The molecule has 1 rings (SSSR count). The first-order chi connectivity index (χ1) is 8.73. The fourth-order valence-corrected chi connectivity index (χ4v) is 1.55. The SMILES string of the molecule is Cc1cc(C=O)cc(CNC(=O)OC(C)(C)C)c1F. The van der Waals surface area contributed by atoms with Crippen LogP contribution in [-0.2, 0) is 11.3 Å². The molecular formula is C14H18FNO3. The molecule has 0 aromatic heterocycles. The van der Waals surface area contributed by atoms with Gasteiger partial charge in [0.2, 0.25) is 0 Å². The lowest BCUT2D eigenvalue weighted by atomic mass is 10.1. The van der Waals surface area contributed by atoms with E-state index in [9.17, 15) is 14.0 Å². The normalized spacial score (nSPS) is 11.0. The van der Waals surface area contributed by atoms with Crippen LogP contribution in [0.1, 0.15) is 42.3 Å². The van der Waals surface area contributed by atoms with E-state index in [4.69, 9.17) is 4.74 Å². The molecule has 0 atom stereocenters. The predicted molar refractivity (Wildman–Crippen MR) is 69.6 cm³/mol. The van der Waals surface area contributed by atoms with Gasteiger partial charge in [-0.05, 0) is 45.4 Å². The largest absolute Gasteiger partial charge is 0.444 e. The minimum Gasteiger partial charge on any atom is -0.444 e. The Balaban J connectivity index is 2.75. The van der Waals surface area contributed by atoms with E-state index in [1.165, 1.54) is 12.1 Å². The van der Waals surface area contributed by atoms with Crippen LogP contribution in [0.5, 0.6) is 0 Å². The third kappa shape index (κ3) is 4.69. The van der Waals surface area contributed by atoms with Gasteiger partial charge in [0.1, 0.15) is 17.7 Å². The number of amides is 1. The van der Waals surface area contributed by atoms with Crippen LogP contribution < -0.4 is 5.32 Å². The van der Waals surface area contributed by atoms with Gasteiger partial charge in [0.05, 0.1) is 0 Å². The Morgan fingerprint density at radius 2 is 2.05 bits per heavy atom. The molecule has 0 fully saturated rings. The van der Waals surface area contributed by atoms with E-state index < -0.39 is 17.5 Å². The lowest BCUT2D eigenvalue weighted by Crippen LogP contribution is -2.32. The zero-order valence-electron chi connectivity index (χ0n) is 11.5. The minimum atomic E-state index is -0.624. The van der Waals surface area contributed by atoms with Crippen molar-refractivity contribution >= 4 is 12.4 Å². The van der Waals surface area contributed by atoms with Gasteiger partial charge in [-0.2, -0.15) is 0 Å². The van der Waals surface area contributed by atoms with E-state index in [1.54, 1.807) is 27.7 Å². The molecule has 1 aromatic rings. The molecule has 0 bridgehead atoms. The molecule has 19 heavy (non-hydrogen) atoms. The number of ether oxygens (including phenoxy) is 1. The van der Waals surface area contributed by atoms with Crippen LogP contribution in [0, 0.1) is 12.7 Å². The number of aryl methyl sites for hydroxylation is 1. The van der Waals surface area contributed by atoms with Gasteiger partial charge in [-0.1, -0.05) is 0 Å². The molecule has 0 aliphatic heterocycles. The Morgan fingerprint density at radius 3 is 2.58 bits per heavy atom. The van der Waals surface area contributed by atoms with Crippen LogP contribution in [0.3, 0.4) is 0 Å². The molecule has 1 amide bonds. The monoisotopic (exact) mass is 267 g/mol. The van der Waals surface area contributed by atoms with Crippen molar-refractivity contribution in [2.24, 2.45) is 0 Å². The zero-order chi connectivity index (χ0) is 14.6. The van der Waals surface area contributed by atoms with Crippen LogP contribution >= 0.6 is 0 Å². The van der Waals surface area contributed by atoms with Crippen molar-refractivity contribution in [1.29, 1.82) is 0 Å². The summed E-state index contributed by atoms with van der Waals surface area (Å²) in [4.78, 5) is 22.2. The van der Waals surface area contributed by atoms with Crippen molar-refractivity contribution in [2.45, 2.75) is 39.8 Å². The van der Waals surface area contributed by atoms with Gasteiger partial charge in [0.15, 0.2) is 0 Å². The maximum absolute atomic E-state index is 13.8. The molecule has 0 heterocycles. The fraction of sp³-hybridized carbons (Fsp3) is 0.429. The summed E-state index contributed by atoms with van der Waals surface area (Å²) in [6.07, 6.45) is 0.0183. The van der Waals surface area contributed by atoms with Gasteiger partial charge in [-0.3, -0.25) is 4.79 Å². The number of alkyl carbamates (subject to hydrolysis) is 1. The molecule has 0 spiro atoms. The van der Waals surface area contributed by atoms with Crippen molar-refractivity contribution in [3.05, 3.63) is 34.6 Å². The average molecular weight is 267 g/mol. The molecule has 1 aromatic carbocycles. The van der Waals surface area contributed by atoms with Gasteiger partial charge < -0.3 is 10.1 Å². The second-order valence-electron chi connectivity index (χ2n) is 5.28. The highest BCUT2D eigenvalue weighted by Crippen LogP contribution is 2.15. The Kier molecular flexibility index (Phi) is 4.64. The first kappa shape index (κ1) is 15.1. The molecular weight excluding hydrogens is 249 g/mol. The number of carbonyl (C=O) groups excluding carboxylic acids is 2.